The molecule has 2 heteroatoms. The molecule has 2 atom stereocenters. The summed E-state index contributed by atoms with van der Waals surface area (Å²) in [6.45, 7) is 6.06. The summed E-state index contributed by atoms with van der Waals surface area (Å²) in [5, 5.41) is 9.90. The molecule has 0 radical (unpaired) electrons. The minimum Gasteiger partial charge on any atom is -0.387 e. The number of rotatable bonds is 3. The summed E-state index contributed by atoms with van der Waals surface area (Å²) in [6.07, 6.45) is -0.561. The molecule has 0 saturated heterocycles. The highest BCUT2D eigenvalue weighted by atomic mass is 16.3. The smallest absolute Gasteiger partial charge is 0.0940 e. The van der Waals surface area contributed by atoms with Crippen molar-refractivity contribution < 1.29 is 5.11 Å². The number of hydrogen-bond acceptors (Lipinski definition) is 2. The average Bonchev–Trinajstić information content (AvgIpc) is 2.16. The van der Waals surface area contributed by atoms with Crippen LogP contribution in [0, 0.1) is 0 Å². The third-order valence-corrected chi connectivity index (χ3v) is 2.43. The van der Waals surface area contributed by atoms with Crippen LogP contribution in [-0.2, 0) is 0 Å². The topological polar surface area (TPSA) is 46.2 Å². The average molecular weight is 193 g/mol. The van der Waals surface area contributed by atoms with E-state index >= 15 is 0 Å². The maximum Gasteiger partial charge on any atom is 0.0940 e. The lowest BCUT2D eigenvalue weighted by Gasteiger charge is -2.20. The van der Waals surface area contributed by atoms with E-state index < -0.39 is 6.10 Å². The predicted molar refractivity (Wildman–Crippen MR) is 59.1 cm³/mol. The zero-order chi connectivity index (χ0) is 10.7. The lowest BCUT2D eigenvalue weighted by atomic mass is 9.92. The van der Waals surface area contributed by atoms with Gasteiger partial charge in [0.15, 0.2) is 0 Å². The number of aliphatic hydroxyl groups excluding tert-OH is 1. The zero-order valence-corrected chi connectivity index (χ0v) is 9.07. The Labute approximate surface area is 85.8 Å². The molecule has 0 bridgehead atoms. The highest BCUT2D eigenvalue weighted by molar-refractivity contribution is 5.32. The molecule has 2 nitrogen and oxygen atoms in total. The summed E-state index contributed by atoms with van der Waals surface area (Å²) in [4.78, 5) is 0. The third kappa shape index (κ3) is 2.34. The highest BCUT2D eigenvalue weighted by Gasteiger charge is 2.16. The van der Waals surface area contributed by atoms with E-state index in [1.165, 1.54) is 5.56 Å². The van der Waals surface area contributed by atoms with Crippen molar-refractivity contribution in [3.8, 4) is 0 Å². The van der Waals surface area contributed by atoms with E-state index in [0.717, 1.165) is 5.56 Å². The number of nitrogens with two attached hydrogens (primary N) is 1. The maximum absolute atomic E-state index is 9.90. The maximum atomic E-state index is 9.90. The summed E-state index contributed by atoms with van der Waals surface area (Å²) in [6, 6.07) is 7.70. The van der Waals surface area contributed by atoms with E-state index in [0.29, 0.717) is 5.92 Å². The first kappa shape index (κ1) is 11.2. The molecule has 78 valence electrons. The Morgan fingerprint density at radius 1 is 1.07 bits per heavy atom. The molecule has 0 saturated carbocycles. The molecule has 1 rings (SSSR count). The second-order valence-corrected chi connectivity index (χ2v) is 4.09. The predicted octanol–water partition coefficient (Wildman–Crippen LogP) is 2.19. The van der Waals surface area contributed by atoms with Gasteiger partial charge in [-0.3, -0.25) is 0 Å². The van der Waals surface area contributed by atoms with Gasteiger partial charge in [-0.15, -0.1) is 0 Å². The molecule has 1 aromatic rings. The fourth-order valence-electron chi connectivity index (χ4n) is 1.59. The van der Waals surface area contributed by atoms with Gasteiger partial charge in [0.1, 0.15) is 0 Å². The summed E-state index contributed by atoms with van der Waals surface area (Å²) in [5.74, 6) is 0.416. The highest BCUT2D eigenvalue weighted by Crippen LogP contribution is 2.25. The normalized spacial score (nSPS) is 15.6. The van der Waals surface area contributed by atoms with Crippen LogP contribution in [0.25, 0.3) is 0 Å². The van der Waals surface area contributed by atoms with Gasteiger partial charge >= 0.3 is 0 Å². The Kier molecular flexibility index (Phi) is 3.67. The van der Waals surface area contributed by atoms with Gasteiger partial charge in [-0.2, -0.15) is 0 Å². The van der Waals surface area contributed by atoms with Crippen LogP contribution in [-0.4, -0.2) is 11.1 Å². The second-order valence-electron chi connectivity index (χ2n) is 4.09. The Hall–Kier alpha value is -0.860. The van der Waals surface area contributed by atoms with Crippen molar-refractivity contribution in [3.05, 3.63) is 35.4 Å². The fourth-order valence-corrected chi connectivity index (χ4v) is 1.59. The quantitative estimate of drug-likeness (QED) is 0.773. The van der Waals surface area contributed by atoms with Crippen LogP contribution in [0.1, 0.15) is 43.9 Å². The van der Waals surface area contributed by atoms with Crippen LogP contribution >= 0.6 is 0 Å². The molecule has 3 N–H and O–H groups in total. The Bertz CT molecular complexity index is 294. The molecular weight excluding hydrogens is 174 g/mol. The monoisotopic (exact) mass is 193 g/mol. The molecular formula is C12H19NO. The minimum absolute atomic E-state index is 0.227. The van der Waals surface area contributed by atoms with Crippen molar-refractivity contribution in [3.63, 3.8) is 0 Å². The molecule has 0 aliphatic heterocycles. The van der Waals surface area contributed by atoms with Crippen LogP contribution in [0.15, 0.2) is 24.3 Å². The van der Waals surface area contributed by atoms with Crippen molar-refractivity contribution in [1.29, 1.82) is 0 Å². The molecule has 0 aliphatic rings. The van der Waals surface area contributed by atoms with Gasteiger partial charge in [0.25, 0.3) is 0 Å². The molecule has 0 aromatic heterocycles. The molecule has 0 unspecified atom stereocenters. The van der Waals surface area contributed by atoms with Gasteiger partial charge in [-0.1, -0.05) is 38.1 Å². The van der Waals surface area contributed by atoms with E-state index in [1.54, 1.807) is 0 Å². The van der Waals surface area contributed by atoms with Gasteiger partial charge in [0.05, 0.1) is 6.10 Å². The van der Waals surface area contributed by atoms with Crippen LogP contribution < -0.4 is 5.73 Å². The summed E-state index contributed by atoms with van der Waals surface area (Å²) < 4.78 is 0. The molecule has 0 fully saturated rings. The zero-order valence-electron chi connectivity index (χ0n) is 9.07. The van der Waals surface area contributed by atoms with Crippen molar-refractivity contribution in [1.82, 2.24) is 0 Å². The number of aliphatic hydroxyl groups is 1. The standard InChI is InChI=1S/C12H19NO/c1-8(2)10-6-4-5-7-11(10)12(14)9(3)13/h4-9,12,14H,13H2,1-3H3/t9-,12+/m0/s1. The van der Waals surface area contributed by atoms with Crippen molar-refractivity contribution in [2.24, 2.45) is 5.73 Å². The first-order valence-electron chi connectivity index (χ1n) is 5.06. The summed E-state index contributed by atoms with van der Waals surface area (Å²) >= 11 is 0. The van der Waals surface area contributed by atoms with Gasteiger partial charge in [0.2, 0.25) is 0 Å². The van der Waals surface area contributed by atoms with Crippen LogP contribution in [0.3, 0.4) is 0 Å². The first-order chi connectivity index (χ1) is 6.54. The van der Waals surface area contributed by atoms with E-state index in [2.05, 4.69) is 13.8 Å². The van der Waals surface area contributed by atoms with Crippen LogP contribution in [0.5, 0.6) is 0 Å². The van der Waals surface area contributed by atoms with E-state index in [4.69, 9.17) is 5.73 Å². The summed E-state index contributed by atoms with van der Waals surface area (Å²) in [5.41, 5.74) is 7.82. The van der Waals surface area contributed by atoms with Crippen LogP contribution in [0.4, 0.5) is 0 Å². The van der Waals surface area contributed by atoms with Gasteiger partial charge < -0.3 is 10.8 Å². The summed E-state index contributed by atoms with van der Waals surface area (Å²) in [7, 11) is 0. The molecule has 14 heavy (non-hydrogen) atoms. The molecule has 0 heterocycles. The SMILES string of the molecule is CC(C)c1ccccc1[C@H](O)[C@H](C)N. The first-order valence-corrected chi connectivity index (χ1v) is 5.06. The molecule has 0 spiro atoms. The van der Waals surface area contributed by atoms with Gasteiger partial charge in [0, 0.05) is 6.04 Å². The largest absolute Gasteiger partial charge is 0.387 e. The van der Waals surface area contributed by atoms with Crippen molar-refractivity contribution in [2.75, 3.05) is 0 Å². The van der Waals surface area contributed by atoms with E-state index in [9.17, 15) is 5.11 Å². The molecule has 1 aromatic carbocycles. The Morgan fingerprint density at radius 3 is 2.00 bits per heavy atom. The molecule has 0 aliphatic carbocycles. The fraction of sp³-hybridized carbons (Fsp3) is 0.500. The lowest BCUT2D eigenvalue weighted by molar-refractivity contribution is 0.152. The Balaban J connectivity index is 3.06. The van der Waals surface area contributed by atoms with Gasteiger partial charge in [-0.05, 0) is 24.0 Å². The van der Waals surface area contributed by atoms with Crippen molar-refractivity contribution in [2.45, 2.75) is 38.8 Å². The lowest BCUT2D eigenvalue weighted by Crippen LogP contribution is -2.25. The van der Waals surface area contributed by atoms with E-state index in [-0.39, 0.29) is 6.04 Å². The third-order valence-electron chi connectivity index (χ3n) is 2.43. The number of benzene rings is 1. The minimum atomic E-state index is -0.561. The van der Waals surface area contributed by atoms with Crippen LogP contribution in [0.2, 0.25) is 0 Å². The molecule has 0 amide bonds. The van der Waals surface area contributed by atoms with Gasteiger partial charge in [-0.25, -0.2) is 0 Å². The number of hydrogen-bond donors (Lipinski definition) is 2. The van der Waals surface area contributed by atoms with E-state index in [1.807, 2.05) is 31.2 Å². The van der Waals surface area contributed by atoms with Crippen molar-refractivity contribution >= 4 is 0 Å². The second kappa shape index (κ2) is 4.58. The Morgan fingerprint density at radius 2 is 1.57 bits per heavy atom.